The summed E-state index contributed by atoms with van der Waals surface area (Å²) in [5, 5.41) is 12.5. The standard InChI is InChI=1S/C14H22BrNO3/c1-9(8-17)10(2)16-7-12-13(15)5-11(18-3)6-14(12)19-4/h5-6,9-10,16-17H,7-8H2,1-4H3. The van der Waals surface area contributed by atoms with Crippen molar-refractivity contribution in [3.8, 4) is 11.5 Å². The Bertz CT molecular complexity index is 412. The van der Waals surface area contributed by atoms with Crippen molar-refractivity contribution in [2.24, 2.45) is 5.92 Å². The summed E-state index contributed by atoms with van der Waals surface area (Å²) in [6.07, 6.45) is 0. The first-order valence-corrected chi connectivity index (χ1v) is 7.07. The van der Waals surface area contributed by atoms with Gasteiger partial charge in [0.05, 0.1) is 14.2 Å². The van der Waals surface area contributed by atoms with Gasteiger partial charge in [-0.05, 0) is 18.9 Å². The highest BCUT2D eigenvalue weighted by molar-refractivity contribution is 9.10. The number of ether oxygens (including phenoxy) is 2. The molecule has 5 heteroatoms. The predicted molar refractivity (Wildman–Crippen MR) is 79.8 cm³/mol. The van der Waals surface area contributed by atoms with Crippen molar-refractivity contribution in [1.29, 1.82) is 0 Å². The van der Waals surface area contributed by atoms with E-state index in [1.807, 2.05) is 19.1 Å². The Hall–Kier alpha value is -0.780. The van der Waals surface area contributed by atoms with Crippen molar-refractivity contribution < 1.29 is 14.6 Å². The van der Waals surface area contributed by atoms with E-state index in [-0.39, 0.29) is 18.6 Å². The van der Waals surface area contributed by atoms with Gasteiger partial charge in [-0.2, -0.15) is 0 Å². The summed E-state index contributed by atoms with van der Waals surface area (Å²) in [7, 11) is 3.27. The molecule has 0 aromatic heterocycles. The van der Waals surface area contributed by atoms with Crippen molar-refractivity contribution in [2.75, 3.05) is 20.8 Å². The third-order valence-electron chi connectivity index (χ3n) is 3.33. The molecule has 1 aromatic carbocycles. The van der Waals surface area contributed by atoms with E-state index >= 15 is 0 Å². The second-order valence-corrected chi connectivity index (χ2v) is 5.47. The van der Waals surface area contributed by atoms with Crippen molar-refractivity contribution >= 4 is 15.9 Å². The molecule has 0 aliphatic rings. The number of methoxy groups -OCH3 is 2. The smallest absolute Gasteiger partial charge is 0.128 e. The van der Waals surface area contributed by atoms with Gasteiger partial charge in [-0.1, -0.05) is 22.9 Å². The Morgan fingerprint density at radius 2 is 1.95 bits per heavy atom. The van der Waals surface area contributed by atoms with Gasteiger partial charge in [0.2, 0.25) is 0 Å². The summed E-state index contributed by atoms with van der Waals surface area (Å²) in [5.74, 6) is 1.75. The van der Waals surface area contributed by atoms with Crippen LogP contribution in [-0.4, -0.2) is 32.0 Å². The van der Waals surface area contributed by atoms with Crippen molar-refractivity contribution in [3.63, 3.8) is 0 Å². The molecule has 0 fully saturated rings. The molecule has 2 N–H and O–H groups in total. The molecule has 1 rings (SSSR count). The number of halogens is 1. The van der Waals surface area contributed by atoms with Crippen LogP contribution in [0.3, 0.4) is 0 Å². The highest BCUT2D eigenvalue weighted by Crippen LogP contribution is 2.32. The number of aliphatic hydroxyl groups excluding tert-OH is 1. The van der Waals surface area contributed by atoms with Crippen LogP contribution >= 0.6 is 15.9 Å². The number of nitrogens with one attached hydrogen (secondary N) is 1. The SMILES string of the molecule is COc1cc(Br)c(CNC(C)C(C)CO)c(OC)c1. The van der Waals surface area contributed by atoms with Gasteiger partial charge in [0.15, 0.2) is 0 Å². The van der Waals surface area contributed by atoms with Crippen LogP contribution in [0.4, 0.5) is 0 Å². The van der Waals surface area contributed by atoms with E-state index in [0.29, 0.717) is 6.54 Å². The first-order valence-electron chi connectivity index (χ1n) is 6.28. The zero-order valence-electron chi connectivity index (χ0n) is 11.9. The molecule has 0 amide bonds. The summed E-state index contributed by atoms with van der Waals surface area (Å²) < 4.78 is 11.5. The van der Waals surface area contributed by atoms with Crippen LogP contribution in [0.15, 0.2) is 16.6 Å². The summed E-state index contributed by atoms with van der Waals surface area (Å²) in [4.78, 5) is 0. The third-order valence-corrected chi connectivity index (χ3v) is 4.03. The van der Waals surface area contributed by atoms with E-state index in [1.165, 1.54) is 0 Å². The summed E-state index contributed by atoms with van der Waals surface area (Å²) in [6.45, 7) is 4.91. The Morgan fingerprint density at radius 3 is 2.47 bits per heavy atom. The Labute approximate surface area is 123 Å². The summed E-state index contributed by atoms with van der Waals surface area (Å²) in [5.41, 5.74) is 1.04. The number of hydrogen-bond acceptors (Lipinski definition) is 4. The van der Waals surface area contributed by atoms with Crippen LogP contribution < -0.4 is 14.8 Å². The third kappa shape index (κ3) is 4.37. The summed E-state index contributed by atoms with van der Waals surface area (Å²) in [6, 6.07) is 4.01. The zero-order valence-corrected chi connectivity index (χ0v) is 13.5. The first-order chi connectivity index (χ1) is 9.03. The van der Waals surface area contributed by atoms with Gasteiger partial charge in [0.25, 0.3) is 0 Å². The number of hydrogen-bond donors (Lipinski definition) is 2. The lowest BCUT2D eigenvalue weighted by Crippen LogP contribution is -2.33. The van der Waals surface area contributed by atoms with Gasteiger partial charge in [-0.25, -0.2) is 0 Å². The van der Waals surface area contributed by atoms with Gasteiger partial charge in [-0.15, -0.1) is 0 Å². The minimum atomic E-state index is 0.176. The maximum atomic E-state index is 9.14. The molecule has 2 atom stereocenters. The second-order valence-electron chi connectivity index (χ2n) is 4.62. The predicted octanol–water partition coefficient (Wildman–Crippen LogP) is 2.57. The van der Waals surface area contributed by atoms with E-state index in [1.54, 1.807) is 14.2 Å². The van der Waals surface area contributed by atoms with E-state index in [2.05, 4.69) is 28.2 Å². The number of aliphatic hydroxyl groups is 1. The van der Waals surface area contributed by atoms with Crippen molar-refractivity contribution in [3.05, 3.63) is 22.2 Å². The molecule has 2 unspecified atom stereocenters. The molecule has 1 aromatic rings. The van der Waals surface area contributed by atoms with Crippen LogP contribution in [0.25, 0.3) is 0 Å². The molecule has 0 bridgehead atoms. The second kappa shape index (κ2) is 7.72. The van der Waals surface area contributed by atoms with E-state index < -0.39 is 0 Å². The minimum absolute atomic E-state index is 0.176. The van der Waals surface area contributed by atoms with Crippen LogP contribution in [0.2, 0.25) is 0 Å². The lowest BCUT2D eigenvalue weighted by molar-refractivity contribution is 0.206. The van der Waals surface area contributed by atoms with Crippen molar-refractivity contribution in [1.82, 2.24) is 5.32 Å². The van der Waals surface area contributed by atoms with E-state index in [9.17, 15) is 0 Å². The topological polar surface area (TPSA) is 50.7 Å². The quantitative estimate of drug-likeness (QED) is 0.806. The van der Waals surface area contributed by atoms with Gasteiger partial charge in [0, 0.05) is 35.3 Å². The fourth-order valence-electron chi connectivity index (χ4n) is 1.68. The highest BCUT2D eigenvalue weighted by atomic mass is 79.9. The van der Waals surface area contributed by atoms with Gasteiger partial charge in [0.1, 0.15) is 11.5 Å². The number of rotatable bonds is 7. The molecule has 0 aliphatic carbocycles. The number of benzene rings is 1. The van der Waals surface area contributed by atoms with Gasteiger partial charge in [-0.3, -0.25) is 0 Å². The Balaban J connectivity index is 2.83. The molecule has 19 heavy (non-hydrogen) atoms. The van der Waals surface area contributed by atoms with Gasteiger partial charge >= 0.3 is 0 Å². The van der Waals surface area contributed by atoms with Crippen molar-refractivity contribution in [2.45, 2.75) is 26.4 Å². The Morgan fingerprint density at radius 1 is 1.26 bits per heavy atom. The fraction of sp³-hybridized carbons (Fsp3) is 0.571. The minimum Gasteiger partial charge on any atom is -0.497 e. The van der Waals surface area contributed by atoms with E-state index in [0.717, 1.165) is 21.5 Å². The Kier molecular flexibility index (Phi) is 6.62. The molecular formula is C14H22BrNO3. The molecule has 0 saturated heterocycles. The monoisotopic (exact) mass is 331 g/mol. The molecule has 0 saturated carbocycles. The largest absolute Gasteiger partial charge is 0.497 e. The van der Waals surface area contributed by atoms with Gasteiger partial charge < -0.3 is 19.9 Å². The van der Waals surface area contributed by atoms with E-state index in [4.69, 9.17) is 14.6 Å². The molecule has 108 valence electrons. The molecular weight excluding hydrogens is 310 g/mol. The molecule has 0 aliphatic heterocycles. The molecule has 0 radical (unpaired) electrons. The molecule has 0 heterocycles. The van der Waals surface area contributed by atoms with Crippen LogP contribution in [0.1, 0.15) is 19.4 Å². The lowest BCUT2D eigenvalue weighted by Gasteiger charge is -2.21. The summed E-state index contributed by atoms with van der Waals surface area (Å²) >= 11 is 3.53. The maximum Gasteiger partial charge on any atom is 0.128 e. The molecule has 0 spiro atoms. The van der Waals surface area contributed by atoms with Crippen LogP contribution in [-0.2, 0) is 6.54 Å². The van der Waals surface area contributed by atoms with Crippen LogP contribution in [0.5, 0.6) is 11.5 Å². The fourth-order valence-corrected chi connectivity index (χ4v) is 2.24. The first kappa shape index (κ1) is 16.3. The average Bonchev–Trinajstić information content (AvgIpc) is 2.43. The normalized spacial score (nSPS) is 14.0. The maximum absolute atomic E-state index is 9.14. The zero-order chi connectivity index (χ0) is 14.4. The highest BCUT2D eigenvalue weighted by Gasteiger charge is 2.14. The average molecular weight is 332 g/mol. The lowest BCUT2D eigenvalue weighted by atomic mass is 10.0. The molecule has 4 nitrogen and oxygen atoms in total. The van der Waals surface area contributed by atoms with Crippen LogP contribution in [0, 0.1) is 5.92 Å².